The molecule has 0 radical (unpaired) electrons. The first kappa shape index (κ1) is 13.7. The average Bonchev–Trinajstić information content (AvgIpc) is 2.84. The summed E-state index contributed by atoms with van der Waals surface area (Å²) in [6.45, 7) is 2.73. The molecule has 0 spiro atoms. The standard InChI is InChI=1S/C16H13FN2OS/c1-2-19-13-8-3-4-9-14(13)21-16(19)18-15(20)11-6-5-7-12(17)10-11/h3-10H,2H2,1H3. The van der Waals surface area contributed by atoms with E-state index in [0.717, 1.165) is 16.8 Å². The SMILES string of the molecule is CCn1c(=NC(=O)c2cccc(F)c2)sc2ccccc21. The molecule has 0 saturated heterocycles. The second kappa shape index (κ2) is 5.61. The highest BCUT2D eigenvalue weighted by Crippen LogP contribution is 2.16. The molecule has 1 aromatic heterocycles. The van der Waals surface area contributed by atoms with Gasteiger partial charge in [-0.3, -0.25) is 4.79 Å². The molecule has 0 fully saturated rings. The minimum Gasteiger partial charge on any atom is -0.317 e. The van der Waals surface area contributed by atoms with Crippen LogP contribution in [0.15, 0.2) is 53.5 Å². The summed E-state index contributed by atoms with van der Waals surface area (Å²) >= 11 is 1.46. The molecule has 0 aliphatic heterocycles. The van der Waals surface area contributed by atoms with Crippen molar-refractivity contribution in [3.63, 3.8) is 0 Å². The lowest BCUT2D eigenvalue weighted by atomic mass is 10.2. The number of fused-ring (bicyclic) bond motifs is 1. The largest absolute Gasteiger partial charge is 0.317 e. The van der Waals surface area contributed by atoms with Gasteiger partial charge in [-0.15, -0.1) is 0 Å². The number of para-hydroxylation sites is 1. The van der Waals surface area contributed by atoms with Gasteiger partial charge in [0.1, 0.15) is 5.82 Å². The van der Waals surface area contributed by atoms with Crippen LogP contribution in [0.25, 0.3) is 10.2 Å². The first-order valence-electron chi connectivity index (χ1n) is 6.62. The smallest absolute Gasteiger partial charge is 0.279 e. The minimum atomic E-state index is -0.434. The molecule has 0 saturated carbocycles. The van der Waals surface area contributed by atoms with E-state index < -0.39 is 11.7 Å². The van der Waals surface area contributed by atoms with Gasteiger partial charge >= 0.3 is 0 Å². The van der Waals surface area contributed by atoms with E-state index in [1.54, 1.807) is 6.07 Å². The Balaban J connectivity index is 2.13. The molecule has 0 aliphatic carbocycles. The summed E-state index contributed by atoms with van der Waals surface area (Å²) in [4.78, 5) is 17.0. The third-order valence-electron chi connectivity index (χ3n) is 3.17. The van der Waals surface area contributed by atoms with E-state index in [-0.39, 0.29) is 5.56 Å². The lowest BCUT2D eigenvalue weighted by molar-refractivity contribution is 0.0997. The number of benzene rings is 2. The van der Waals surface area contributed by atoms with Crippen LogP contribution in [0.4, 0.5) is 4.39 Å². The van der Waals surface area contributed by atoms with Crippen LogP contribution in [-0.2, 0) is 6.54 Å². The Hall–Kier alpha value is -2.27. The molecular formula is C16H13FN2OS. The number of hydrogen-bond donors (Lipinski definition) is 0. The molecule has 5 heteroatoms. The van der Waals surface area contributed by atoms with E-state index in [1.165, 1.54) is 29.5 Å². The van der Waals surface area contributed by atoms with Crippen molar-refractivity contribution in [2.75, 3.05) is 0 Å². The molecule has 2 aromatic carbocycles. The fourth-order valence-electron chi connectivity index (χ4n) is 2.18. The molecule has 1 amide bonds. The normalized spacial score (nSPS) is 12.0. The maximum atomic E-state index is 13.2. The number of hydrogen-bond acceptors (Lipinski definition) is 2. The van der Waals surface area contributed by atoms with Crippen LogP contribution in [-0.4, -0.2) is 10.5 Å². The maximum Gasteiger partial charge on any atom is 0.279 e. The van der Waals surface area contributed by atoms with Crippen molar-refractivity contribution >= 4 is 27.5 Å². The molecule has 3 aromatic rings. The Labute approximate surface area is 125 Å². The molecule has 106 valence electrons. The minimum absolute atomic E-state index is 0.259. The van der Waals surface area contributed by atoms with E-state index in [1.807, 2.05) is 35.8 Å². The number of aromatic nitrogens is 1. The van der Waals surface area contributed by atoms with Gasteiger partial charge in [0.15, 0.2) is 4.80 Å². The number of nitrogens with zero attached hydrogens (tertiary/aromatic N) is 2. The quantitative estimate of drug-likeness (QED) is 0.712. The number of amides is 1. The second-order valence-corrected chi connectivity index (χ2v) is 5.53. The van der Waals surface area contributed by atoms with Crippen LogP contribution in [0.5, 0.6) is 0 Å². The molecule has 0 atom stereocenters. The van der Waals surface area contributed by atoms with Crippen LogP contribution in [0.1, 0.15) is 17.3 Å². The number of halogens is 1. The van der Waals surface area contributed by atoms with Crippen molar-refractivity contribution in [1.82, 2.24) is 4.57 Å². The third-order valence-corrected chi connectivity index (χ3v) is 4.23. The third kappa shape index (κ3) is 2.64. The summed E-state index contributed by atoms with van der Waals surface area (Å²) in [5.74, 6) is -0.862. The summed E-state index contributed by atoms with van der Waals surface area (Å²) in [5, 5.41) is 0. The Morgan fingerprint density at radius 3 is 2.81 bits per heavy atom. The highest BCUT2D eigenvalue weighted by Gasteiger charge is 2.08. The van der Waals surface area contributed by atoms with Crippen molar-refractivity contribution in [2.45, 2.75) is 13.5 Å². The number of carbonyl (C=O) groups excluding carboxylic acids is 1. The van der Waals surface area contributed by atoms with Crippen molar-refractivity contribution in [2.24, 2.45) is 4.99 Å². The maximum absolute atomic E-state index is 13.2. The van der Waals surface area contributed by atoms with Crippen molar-refractivity contribution < 1.29 is 9.18 Å². The van der Waals surface area contributed by atoms with Gasteiger partial charge in [-0.05, 0) is 37.3 Å². The van der Waals surface area contributed by atoms with E-state index in [0.29, 0.717) is 4.80 Å². The van der Waals surface area contributed by atoms with Gasteiger partial charge in [-0.2, -0.15) is 4.99 Å². The summed E-state index contributed by atoms with van der Waals surface area (Å²) in [6, 6.07) is 13.5. The fourth-order valence-corrected chi connectivity index (χ4v) is 3.28. The number of aryl methyl sites for hydroxylation is 1. The van der Waals surface area contributed by atoms with Crippen molar-refractivity contribution in [1.29, 1.82) is 0 Å². The number of rotatable bonds is 2. The predicted molar refractivity (Wildman–Crippen MR) is 81.8 cm³/mol. The highest BCUT2D eigenvalue weighted by molar-refractivity contribution is 7.16. The molecule has 3 rings (SSSR count). The Bertz CT molecular complexity index is 879. The Kier molecular flexibility index (Phi) is 3.66. The summed E-state index contributed by atoms with van der Waals surface area (Å²) in [5.41, 5.74) is 1.31. The van der Waals surface area contributed by atoms with Gasteiger partial charge in [0.2, 0.25) is 0 Å². The van der Waals surface area contributed by atoms with Gasteiger partial charge in [-0.25, -0.2) is 4.39 Å². The lowest BCUT2D eigenvalue weighted by Gasteiger charge is -1.99. The molecule has 3 nitrogen and oxygen atoms in total. The molecule has 0 unspecified atom stereocenters. The van der Waals surface area contributed by atoms with Gasteiger partial charge in [0, 0.05) is 12.1 Å². The van der Waals surface area contributed by atoms with E-state index in [2.05, 4.69) is 4.99 Å². The van der Waals surface area contributed by atoms with Crippen LogP contribution in [0.2, 0.25) is 0 Å². The first-order chi connectivity index (χ1) is 10.2. The van der Waals surface area contributed by atoms with Gasteiger partial charge in [0.05, 0.1) is 10.2 Å². The number of carbonyl (C=O) groups is 1. The van der Waals surface area contributed by atoms with Crippen LogP contribution in [0, 0.1) is 5.82 Å². The van der Waals surface area contributed by atoms with E-state index >= 15 is 0 Å². The summed E-state index contributed by atoms with van der Waals surface area (Å²) in [7, 11) is 0. The Morgan fingerprint density at radius 1 is 1.24 bits per heavy atom. The zero-order valence-electron chi connectivity index (χ0n) is 11.4. The fraction of sp³-hybridized carbons (Fsp3) is 0.125. The van der Waals surface area contributed by atoms with Crippen molar-refractivity contribution in [3.8, 4) is 0 Å². The second-order valence-electron chi connectivity index (χ2n) is 4.52. The van der Waals surface area contributed by atoms with Gasteiger partial charge in [0.25, 0.3) is 5.91 Å². The zero-order valence-corrected chi connectivity index (χ0v) is 12.2. The average molecular weight is 300 g/mol. The molecule has 0 bridgehead atoms. The molecular weight excluding hydrogens is 287 g/mol. The van der Waals surface area contributed by atoms with Crippen LogP contribution in [0.3, 0.4) is 0 Å². The van der Waals surface area contributed by atoms with Crippen LogP contribution >= 0.6 is 11.3 Å². The summed E-state index contributed by atoms with van der Waals surface area (Å²) < 4.78 is 16.2. The molecule has 0 N–H and O–H groups in total. The van der Waals surface area contributed by atoms with E-state index in [4.69, 9.17) is 0 Å². The number of thiazole rings is 1. The lowest BCUT2D eigenvalue weighted by Crippen LogP contribution is -2.15. The van der Waals surface area contributed by atoms with Crippen molar-refractivity contribution in [3.05, 3.63) is 64.7 Å². The van der Waals surface area contributed by atoms with Gasteiger partial charge < -0.3 is 4.57 Å². The van der Waals surface area contributed by atoms with E-state index in [9.17, 15) is 9.18 Å². The van der Waals surface area contributed by atoms with Gasteiger partial charge in [-0.1, -0.05) is 29.5 Å². The predicted octanol–water partition coefficient (Wildman–Crippen LogP) is 3.60. The molecule has 1 heterocycles. The molecule has 0 aliphatic rings. The monoisotopic (exact) mass is 300 g/mol. The first-order valence-corrected chi connectivity index (χ1v) is 7.43. The highest BCUT2D eigenvalue weighted by atomic mass is 32.1. The van der Waals surface area contributed by atoms with Crippen LogP contribution < -0.4 is 4.80 Å². The molecule has 21 heavy (non-hydrogen) atoms. The topological polar surface area (TPSA) is 34.4 Å². The summed E-state index contributed by atoms with van der Waals surface area (Å²) in [6.07, 6.45) is 0. The Morgan fingerprint density at radius 2 is 2.05 bits per heavy atom. The zero-order chi connectivity index (χ0) is 14.8.